The highest BCUT2D eigenvalue weighted by molar-refractivity contribution is 7.09. The third-order valence-electron chi connectivity index (χ3n) is 2.42. The van der Waals surface area contributed by atoms with E-state index >= 15 is 0 Å². The molecule has 0 fully saturated rings. The molecule has 2 heterocycles. The first-order chi connectivity index (χ1) is 7.40. The number of hydrogen-bond acceptors (Lipinski definition) is 4. The van der Waals surface area contributed by atoms with Gasteiger partial charge in [-0.3, -0.25) is 0 Å². The van der Waals surface area contributed by atoms with Crippen LogP contribution in [0.3, 0.4) is 0 Å². The molecule has 0 aromatic carbocycles. The molecule has 1 N–H and O–H groups in total. The maximum atomic E-state index is 4.35. The number of hydrogen-bond donors (Lipinski definition) is 1. The molecule has 0 saturated heterocycles. The maximum Gasteiger partial charge on any atom is 0.0795 e. The van der Waals surface area contributed by atoms with Crippen LogP contribution in [-0.2, 0) is 6.42 Å². The molecule has 0 bridgehead atoms. The monoisotopic (exact) mass is 238 g/mol. The molecule has 2 nitrogen and oxygen atoms in total. The van der Waals surface area contributed by atoms with Crippen LogP contribution in [0.25, 0.3) is 0 Å². The van der Waals surface area contributed by atoms with Crippen molar-refractivity contribution in [1.29, 1.82) is 0 Å². The van der Waals surface area contributed by atoms with Gasteiger partial charge in [0.1, 0.15) is 0 Å². The van der Waals surface area contributed by atoms with Gasteiger partial charge in [0, 0.05) is 10.3 Å². The first-order valence-electron chi connectivity index (χ1n) is 4.98. The minimum Gasteiger partial charge on any atom is -0.312 e. The van der Waals surface area contributed by atoms with Crippen molar-refractivity contribution >= 4 is 22.7 Å². The second-order valence-corrected chi connectivity index (χ2v) is 5.12. The van der Waals surface area contributed by atoms with Crippen LogP contribution in [0.5, 0.6) is 0 Å². The van der Waals surface area contributed by atoms with Gasteiger partial charge in [0.05, 0.1) is 17.2 Å². The number of aryl methyl sites for hydroxylation is 1. The molecule has 0 aliphatic carbocycles. The van der Waals surface area contributed by atoms with E-state index in [1.54, 1.807) is 11.3 Å². The van der Waals surface area contributed by atoms with E-state index in [2.05, 4.69) is 33.2 Å². The Labute approximate surface area is 98.0 Å². The lowest BCUT2D eigenvalue weighted by Crippen LogP contribution is -2.17. The lowest BCUT2D eigenvalue weighted by molar-refractivity contribution is 0.540. The lowest BCUT2D eigenvalue weighted by atomic mass is 10.1. The Balaban J connectivity index is 1.92. The number of thiazole rings is 1. The molecule has 15 heavy (non-hydrogen) atoms. The molecule has 80 valence electrons. The summed E-state index contributed by atoms with van der Waals surface area (Å²) in [5, 5.41) is 7.57. The van der Waals surface area contributed by atoms with Crippen LogP contribution in [0.1, 0.15) is 23.0 Å². The Morgan fingerprint density at radius 2 is 2.47 bits per heavy atom. The predicted octanol–water partition coefficient (Wildman–Crippen LogP) is 3.10. The summed E-state index contributed by atoms with van der Waals surface area (Å²) in [6.45, 7) is 0. The Kier molecular flexibility index (Phi) is 3.88. The van der Waals surface area contributed by atoms with Gasteiger partial charge in [-0.1, -0.05) is 6.07 Å². The Hall–Kier alpha value is -0.710. The summed E-state index contributed by atoms with van der Waals surface area (Å²) in [7, 11) is 2.00. The Morgan fingerprint density at radius 1 is 1.53 bits per heavy atom. The van der Waals surface area contributed by atoms with E-state index in [1.807, 2.05) is 23.9 Å². The van der Waals surface area contributed by atoms with E-state index in [4.69, 9.17) is 0 Å². The van der Waals surface area contributed by atoms with Crippen molar-refractivity contribution in [2.75, 3.05) is 7.05 Å². The van der Waals surface area contributed by atoms with Gasteiger partial charge in [-0.05, 0) is 31.3 Å². The van der Waals surface area contributed by atoms with Gasteiger partial charge in [-0.25, -0.2) is 4.98 Å². The van der Waals surface area contributed by atoms with E-state index in [-0.39, 0.29) is 0 Å². The third-order valence-corrected chi connectivity index (χ3v) is 3.96. The van der Waals surface area contributed by atoms with Crippen LogP contribution in [0.15, 0.2) is 28.4 Å². The van der Waals surface area contributed by atoms with Crippen LogP contribution < -0.4 is 5.32 Å². The molecule has 0 radical (unpaired) electrons. The number of nitrogens with one attached hydrogen (secondary N) is 1. The maximum absolute atomic E-state index is 4.35. The van der Waals surface area contributed by atoms with E-state index in [9.17, 15) is 0 Å². The minimum atomic E-state index is 0.387. The molecule has 2 aromatic heterocycles. The van der Waals surface area contributed by atoms with Crippen LogP contribution in [-0.4, -0.2) is 12.0 Å². The van der Waals surface area contributed by atoms with Crippen molar-refractivity contribution in [2.24, 2.45) is 0 Å². The molecular formula is C11H14N2S2. The van der Waals surface area contributed by atoms with E-state index in [0.29, 0.717) is 6.04 Å². The molecule has 1 atom stereocenters. The molecular weight excluding hydrogens is 224 g/mol. The molecule has 1 unspecified atom stereocenters. The molecule has 0 spiro atoms. The van der Waals surface area contributed by atoms with E-state index in [1.165, 1.54) is 10.6 Å². The normalized spacial score (nSPS) is 12.9. The third kappa shape index (κ3) is 2.87. The van der Waals surface area contributed by atoms with Crippen LogP contribution in [0, 0.1) is 0 Å². The fourth-order valence-electron chi connectivity index (χ4n) is 1.58. The van der Waals surface area contributed by atoms with Gasteiger partial charge in [0.15, 0.2) is 0 Å². The summed E-state index contributed by atoms with van der Waals surface area (Å²) in [6, 6.07) is 4.69. The second-order valence-electron chi connectivity index (χ2n) is 3.37. The molecule has 0 saturated carbocycles. The van der Waals surface area contributed by atoms with Crippen LogP contribution >= 0.6 is 22.7 Å². The fraction of sp³-hybridized carbons (Fsp3) is 0.364. The predicted molar refractivity (Wildman–Crippen MR) is 66.6 cm³/mol. The molecule has 2 rings (SSSR count). The average molecular weight is 238 g/mol. The summed E-state index contributed by atoms with van der Waals surface area (Å²) in [5.41, 5.74) is 3.06. The summed E-state index contributed by atoms with van der Waals surface area (Å²) in [5.74, 6) is 0. The number of nitrogens with zero attached hydrogens (tertiary/aromatic N) is 1. The summed E-state index contributed by atoms with van der Waals surface area (Å²) in [4.78, 5) is 5.80. The molecule has 2 aromatic rings. The summed E-state index contributed by atoms with van der Waals surface area (Å²) < 4.78 is 0. The molecule has 0 amide bonds. The zero-order valence-corrected chi connectivity index (χ0v) is 10.3. The van der Waals surface area contributed by atoms with Crippen molar-refractivity contribution in [1.82, 2.24) is 10.3 Å². The van der Waals surface area contributed by atoms with Gasteiger partial charge in [-0.15, -0.1) is 22.7 Å². The van der Waals surface area contributed by atoms with E-state index < -0.39 is 0 Å². The fourth-order valence-corrected chi connectivity index (χ4v) is 2.91. The smallest absolute Gasteiger partial charge is 0.0795 e. The van der Waals surface area contributed by atoms with Crippen molar-refractivity contribution < 1.29 is 0 Å². The summed E-state index contributed by atoms with van der Waals surface area (Å²) >= 11 is 3.49. The highest BCUT2D eigenvalue weighted by atomic mass is 32.1. The van der Waals surface area contributed by atoms with Crippen molar-refractivity contribution in [3.05, 3.63) is 39.0 Å². The van der Waals surface area contributed by atoms with Crippen LogP contribution in [0.4, 0.5) is 0 Å². The topological polar surface area (TPSA) is 24.9 Å². The highest BCUT2D eigenvalue weighted by Gasteiger charge is 2.10. The quantitative estimate of drug-likeness (QED) is 0.866. The van der Waals surface area contributed by atoms with Gasteiger partial charge >= 0.3 is 0 Å². The lowest BCUT2D eigenvalue weighted by Gasteiger charge is -2.12. The Morgan fingerprint density at radius 3 is 3.07 bits per heavy atom. The number of aromatic nitrogens is 1. The zero-order chi connectivity index (χ0) is 10.5. The first kappa shape index (κ1) is 10.8. The van der Waals surface area contributed by atoms with Crippen molar-refractivity contribution in [3.63, 3.8) is 0 Å². The average Bonchev–Trinajstić information content (AvgIpc) is 2.90. The first-order valence-corrected chi connectivity index (χ1v) is 6.80. The Bertz CT molecular complexity index is 367. The number of thiophene rings is 1. The highest BCUT2D eigenvalue weighted by Crippen LogP contribution is 2.20. The summed E-state index contributed by atoms with van der Waals surface area (Å²) in [6.07, 6.45) is 2.24. The zero-order valence-electron chi connectivity index (χ0n) is 8.64. The second kappa shape index (κ2) is 5.39. The van der Waals surface area contributed by atoms with Crippen LogP contribution in [0.2, 0.25) is 0 Å². The van der Waals surface area contributed by atoms with Gasteiger partial charge in [-0.2, -0.15) is 0 Å². The van der Waals surface area contributed by atoms with Gasteiger partial charge < -0.3 is 5.32 Å². The molecule has 4 heteroatoms. The molecule has 0 aliphatic heterocycles. The SMILES string of the molecule is CNC(CCc1cccs1)c1cscn1. The van der Waals surface area contributed by atoms with E-state index in [0.717, 1.165) is 12.8 Å². The van der Waals surface area contributed by atoms with Gasteiger partial charge in [0.25, 0.3) is 0 Å². The van der Waals surface area contributed by atoms with Crippen molar-refractivity contribution in [2.45, 2.75) is 18.9 Å². The molecule has 0 aliphatic rings. The largest absolute Gasteiger partial charge is 0.312 e. The standard InChI is InChI=1S/C11H14N2S2/c1-12-10(11-7-14-8-13-11)5-4-9-3-2-6-15-9/h2-3,6-8,10,12H,4-5H2,1H3. The number of rotatable bonds is 5. The van der Waals surface area contributed by atoms with Gasteiger partial charge in [0.2, 0.25) is 0 Å². The van der Waals surface area contributed by atoms with Crippen molar-refractivity contribution in [3.8, 4) is 0 Å². The minimum absolute atomic E-state index is 0.387.